The molecule has 0 aliphatic rings. The normalized spacial score (nSPS) is 10.6. The van der Waals surface area contributed by atoms with Crippen molar-refractivity contribution in [2.45, 2.75) is 6.54 Å². The highest BCUT2D eigenvalue weighted by atomic mass is 19.1. The smallest absolute Gasteiger partial charge is 0.272 e. The lowest BCUT2D eigenvalue weighted by atomic mass is 10.2. The van der Waals surface area contributed by atoms with Gasteiger partial charge in [0, 0.05) is 19.7 Å². The van der Waals surface area contributed by atoms with Crippen molar-refractivity contribution in [1.82, 2.24) is 15.1 Å². The maximum absolute atomic E-state index is 13.1. The first kappa shape index (κ1) is 14.1. The summed E-state index contributed by atoms with van der Waals surface area (Å²) in [6, 6.07) is 11.3. The average molecular weight is 299 g/mol. The van der Waals surface area contributed by atoms with E-state index < -0.39 is 0 Å². The van der Waals surface area contributed by atoms with Crippen LogP contribution in [0, 0.1) is 5.82 Å². The first-order valence-electron chi connectivity index (χ1n) is 6.74. The third kappa shape index (κ3) is 2.90. The maximum atomic E-state index is 13.1. The molecule has 22 heavy (non-hydrogen) atoms. The molecule has 1 amide bonds. The fourth-order valence-electron chi connectivity index (χ4n) is 2.15. The minimum Gasteiger partial charge on any atom is -0.463 e. The Bertz CT molecular complexity index is 794. The van der Waals surface area contributed by atoms with Gasteiger partial charge >= 0.3 is 0 Å². The minimum atomic E-state index is -0.329. The number of aryl methyl sites for hydroxylation is 1. The van der Waals surface area contributed by atoms with Gasteiger partial charge in [-0.1, -0.05) is 12.1 Å². The zero-order valence-corrected chi connectivity index (χ0v) is 11.9. The van der Waals surface area contributed by atoms with Crippen LogP contribution in [0.15, 0.2) is 53.1 Å². The molecule has 2 heterocycles. The van der Waals surface area contributed by atoms with Gasteiger partial charge in [-0.3, -0.25) is 9.48 Å². The summed E-state index contributed by atoms with van der Waals surface area (Å²) in [5, 5.41) is 6.88. The molecule has 0 fully saturated rings. The monoisotopic (exact) mass is 299 g/mol. The summed E-state index contributed by atoms with van der Waals surface area (Å²) in [5.41, 5.74) is 1.68. The number of benzene rings is 1. The SMILES string of the molecule is Cn1nc(C(=O)NCc2cccc(F)c2)cc1-c1ccco1. The quantitative estimate of drug-likeness (QED) is 0.806. The van der Waals surface area contributed by atoms with Gasteiger partial charge in [0.25, 0.3) is 5.91 Å². The number of hydrogen-bond donors (Lipinski definition) is 1. The molecule has 1 aromatic carbocycles. The van der Waals surface area contributed by atoms with E-state index in [2.05, 4.69) is 10.4 Å². The number of rotatable bonds is 4. The fraction of sp³-hybridized carbons (Fsp3) is 0.125. The van der Waals surface area contributed by atoms with Crippen LogP contribution in [0.5, 0.6) is 0 Å². The van der Waals surface area contributed by atoms with Crippen LogP contribution >= 0.6 is 0 Å². The first-order valence-corrected chi connectivity index (χ1v) is 6.74. The molecular formula is C16H14FN3O2. The van der Waals surface area contributed by atoms with E-state index in [1.807, 2.05) is 0 Å². The molecule has 0 bridgehead atoms. The molecule has 3 rings (SSSR count). The van der Waals surface area contributed by atoms with Crippen LogP contribution in [-0.4, -0.2) is 15.7 Å². The molecular weight excluding hydrogens is 285 g/mol. The zero-order valence-electron chi connectivity index (χ0n) is 11.9. The second kappa shape index (κ2) is 5.85. The Balaban J connectivity index is 1.72. The van der Waals surface area contributed by atoms with E-state index >= 15 is 0 Å². The molecule has 0 aliphatic heterocycles. The molecule has 112 valence electrons. The number of nitrogens with zero attached hydrogens (tertiary/aromatic N) is 2. The highest BCUT2D eigenvalue weighted by Crippen LogP contribution is 2.20. The van der Waals surface area contributed by atoms with E-state index in [0.29, 0.717) is 17.0 Å². The van der Waals surface area contributed by atoms with E-state index in [-0.39, 0.29) is 24.0 Å². The van der Waals surface area contributed by atoms with E-state index in [1.165, 1.54) is 12.1 Å². The van der Waals surface area contributed by atoms with Gasteiger partial charge in [-0.25, -0.2) is 4.39 Å². The van der Waals surface area contributed by atoms with Crippen molar-refractivity contribution in [2.75, 3.05) is 0 Å². The Morgan fingerprint density at radius 2 is 2.18 bits per heavy atom. The number of hydrogen-bond acceptors (Lipinski definition) is 3. The van der Waals surface area contributed by atoms with Crippen molar-refractivity contribution in [1.29, 1.82) is 0 Å². The van der Waals surface area contributed by atoms with E-state index in [1.54, 1.807) is 48.3 Å². The maximum Gasteiger partial charge on any atom is 0.272 e. The van der Waals surface area contributed by atoms with Gasteiger partial charge in [0.2, 0.25) is 0 Å². The summed E-state index contributed by atoms with van der Waals surface area (Å²) in [4.78, 5) is 12.1. The summed E-state index contributed by atoms with van der Waals surface area (Å²) in [7, 11) is 1.74. The van der Waals surface area contributed by atoms with Gasteiger partial charge in [-0.2, -0.15) is 5.10 Å². The highest BCUT2D eigenvalue weighted by molar-refractivity contribution is 5.93. The summed E-state index contributed by atoms with van der Waals surface area (Å²) in [6.45, 7) is 0.239. The molecule has 0 aliphatic carbocycles. The number of carbonyl (C=O) groups is 1. The van der Waals surface area contributed by atoms with Crippen LogP contribution in [0.2, 0.25) is 0 Å². The molecule has 0 saturated carbocycles. The molecule has 1 N–H and O–H groups in total. The molecule has 6 heteroatoms. The van der Waals surface area contributed by atoms with Gasteiger partial charge in [0.15, 0.2) is 11.5 Å². The summed E-state index contributed by atoms with van der Waals surface area (Å²) in [6.07, 6.45) is 1.56. The molecule has 0 radical (unpaired) electrons. The van der Waals surface area contributed by atoms with Crippen molar-refractivity contribution in [2.24, 2.45) is 7.05 Å². The van der Waals surface area contributed by atoms with Crippen molar-refractivity contribution >= 4 is 5.91 Å². The van der Waals surface area contributed by atoms with Gasteiger partial charge in [0.05, 0.1) is 6.26 Å². The largest absolute Gasteiger partial charge is 0.463 e. The van der Waals surface area contributed by atoms with E-state index in [9.17, 15) is 9.18 Å². The predicted molar refractivity (Wildman–Crippen MR) is 78.5 cm³/mol. The Kier molecular flexibility index (Phi) is 3.74. The Morgan fingerprint density at radius 1 is 1.32 bits per heavy atom. The lowest BCUT2D eigenvalue weighted by Crippen LogP contribution is -2.23. The topological polar surface area (TPSA) is 60.1 Å². The number of furan rings is 1. The summed E-state index contributed by atoms with van der Waals surface area (Å²) < 4.78 is 20.0. The van der Waals surface area contributed by atoms with Gasteiger partial charge in [-0.05, 0) is 29.8 Å². The summed E-state index contributed by atoms with van der Waals surface area (Å²) >= 11 is 0. The van der Waals surface area contributed by atoms with Gasteiger partial charge in [0.1, 0.15) is 11.5 Å². The molecule has 0 spiro atoms. The lowest BCUT2D eigenvalue weighted by molar-refractivity contribution is 0.0945. The molecule has 0 saturated heterocycles. The number of carbonyl (C=O) groups excluding carboxylic acids is 1. The average Bonchev–Trinajstić information content (AvgIpc) is 3.14. The van der Waals surface area contributed by atoms with Crippen LogP contribution in [0.25, 0.3) is 11.5 Å². The standard InChI is InChI=1S/C16H14FN3O2/c1-20-14(15-6-3-7-22-15)9-13(19-20)16(21)18-10-11-4-2-5-12(17)8-11/h2-9H,10H2,1H3,(H,18,21). The van der Waals surface area contributed by atoms with Gasteiger partial charge < -0.3 is 9.73 Å². The number of halogens is 1. The molecule has 5 nitrogen and oxygen atoms in total. The molecule has 0 atom stereocenters. The van der Waals surface area contributed by atoms with Crippen molar-refractivity contribution < 1.29 is 13.6 Å². The zero-order chi connectivity index (χ0) is 15.5. The molecule has 0 unspecified atom stereocenters. The number of nitrogens with one attached hydrogen (secondary N) is 1. The van der Waals surface area contributed by atoms with Crippen molar-refractivity contribution in [3.05, 3.63) is 65.8 Å². The minimum absolute atomic E-state index is 0.239. The van der Waals surface area contributed by atoms with Crippen LogP contribution in [0.4, 0.5) is 4.39 Å². The van der Waals surface area contributed by atoms with Crippen molar-refractivity contribution in [3.63, 3.8) is 0 Å². The second-order valence-corrected chi connectivity index (χ2v) is 4.83. The highest BCUT2D eigenvalue weighted by Gasteiger charge is 2.15. The Morgan fingerprint density at radius 3 is 2.91 bits per heavy atom. The second-order valence-electron chi connectivity index (χ2n) is 4.83. The predicted octanol–water partition coefficient (Wildman–Crippen LogP) is 2.75. The van der Waals surface area contributed by atoms with Crippen LogP contribution in [0.3, 0.4) is 0 Å². The Hall–Kier alpha value is -2.89. The van der Waals surface area contributed by atoms with Gasteiger partial charge in [-0.15, -0.1) is 0 Å². The fourth-order valence-corrected chi connectivity index (χ4v) is 2.15. The number of aromatic nitrogens is 2. The van der Waals surface area contributed by atoms with E-state index in [0.717, 1.165) is 0 Å². The van der Waals surface area contributed by atoms with Crippen molar-refractivity contribution in [3.8, 4) is 11.5 Å². The van der Waals surface area contributed by atoms with Crippen LogP contribution in [0.1, 0.15) is 16.1 Å². The lowest BCUT2D eigenvalue weighted by Gasteiger charge is -2.03. The van der Waals surface area contributed by atoms with E-state index in [4.69, 9.17) is 4.42 Å². The Labute approximate surface area is 126 Å². The molecule has 3 aromatic rings. The first-order chi connectivity index (χ1) is 10.6. The summed E-state index contributed by atoms with van der Waals surface area (Å²) in [5.74, 6) is -0.0125. The van der Waals surface area contributed by atoms with Crippen LogP contribution < -0.4 is 5.32 Å². The van der Waals surface area contributed by atoms with Crippen LogP contribution in [-0.2, 0) is 13.6 Å². The third-order valence-corrected chi connectivity index (χ3v) is 3.23. The molecule has 2 aromatic heterocycles. The number of amides is 1. The third-order valence-electron chi connectivity index (χ3n) is 3.23.